The highest BCUT2D eigenvalue weighted by atomic mass is 19.1. The van der Waals surface area contributed by atoms with Gasteiger partial charge in [0.25, 0.3) is 0 Å². The predicted octanol–water partition coefficient (Wildman–Crippen LogP) is 2.04. The van der Waals surface area contributed by atoms with E-state index in [2.05, 4.69) is 25.3 Å². The first-order valence-electron chi connectivity index (χ1n) is 6.05. The fourth-order valence-corrected chi connectivity index (χ4v) is 1.76. The van der Waals surface area contributed by atoms with Crippen LogP contribution in [0.1, 0.15) is 0 Å². The van der Waals surface area contributed by atoms with Crippen molar-refractivity contribution < 1.29 is 8.78 Å². The lowest BCUT2D eigenvalue weighted by atomic mass is 10.2. The highest BCUT2D eigenvalue weighted by Crippen LogP contribution is 2.21. The first-order chi connectivity index (χ1) is 10.2. The fraction of sp³-hybridized carbons (Fsp3) is 0.0769. The number of anilines is 1. The Hall–Kier alpha value is -2.90. The van der Waals surface area contributed by atoms with Gasteiger partial charge < -0.3 is 5.32 Å². The van der Waals surface area contributed by atoms with E-state index in [-0.39, 0.29) is 23.3 Å². The molecule has 0 spiro atoms. The molecule has 2 aromatic heterocycles. The molecule has 0 aliphatic carbocycles. The standard InChI is InChI=1S/C13H10F2N6/c1-16-12-18-11(9-3-2-8(14)6-10(9)15)19-13(20-12)21-5-4-17-7-21/h2-7H,1H3,(H,16,18,19,20). The molecule has 0 saturated carbocycles. The summed E-state index contributed by atoms with van der Waals surface area (Å²) in [4.78, 5) is 16.3. The summed E-state index contributed by atoms with van der Waals surface area (Å²) in [5.41, 5.74) is 0.0941. The van der Waals surface area contributed by atoms with Crippen LogP contribution in [0.5, 0.6) is 0 Å². The minimum atomic E-state index is -0.736. The Balaban J connectivity index is 2.16. The molecule has 0 saturated heterocycles. The molecule has 0 atom stereocenters. The Morgan fingerprint density at radius 1 is 1.14 bits per heavy atom. The third-order valence-electron chi connectivity index (χ3n) is 2.75. The van der Waals surface area contributed by atoms with Gasteiger partial charge in [-0.25, -0.2) is 13.8 Å². The summed E-state index contributed by atoms with van der Waals surface area (Å²) in [7, 11) is 1.64. The number of aromatic nitrogens is 5. The average Bonchev–Trinajstić information content (AvgIpc) is 3.01. The Kier molecular flexibility index (Phi) is 3.27. The minimum absolute atomic E-state index is 0.0941. The normalized spacial score (nSPS) is 10.6. The number of benzene rings is 1. The molecule has 1 N–H and O–H groups in total. The summed E-state index contributed by atoms with van der Waals surface area (Å²) in [5.74, 6) is -0.734. The maximum atomic E-state index is 13.9. The van der Waals surface area contributed by atoms with Gasteiger partial charge in [0.2, 0.25) is 11.9 Å². The lowest BCUT2D eigenvalue weighted by molar-refractivity contribution is 0.585. The molecule has 0 aliphatic heterocycles. The first-order valence-corrected chi connectivity index (χ1v) is 6.05. The highest BCUT2D eigenvalue weighted by Gasteiger charge is 2.13. The number of nitrogens with one attached hydrogen (secondary N) is 1. The number of nitrogens with zero attached hydrogens (tertiary/aromatic N) is 5. The van der Waals surface area contributed by atoms with E-state index in [0.717, 1.165) is 12.1 Å². The van der Waals surface area contributed by atoms with E-state index in [1.165, 1.54) is 12.4 Å². The highest BCUT2D eigenvalue weighted by molar-refractivity contribution is 5.57. The van der Waals surface area contributed by atoms with E-state index < -0.39 is 11.6 Å². The number of imidazole rings is 1. The summed E-state index contributed by atoms with van der Waals surface area (Å²) < 4.78 is 28.4. The molecule has 0 aliphatic rings. The molecule has 0 amide bonds. The zero-order chi connectivity index (χ0) is 14.8. The predicted molar refractivity (Wildman–Crippen MR) is 71.8 cm³/mol. The van der Waals surface area contributed by atoms with Gasteiger partial charge in [0, 0.05) is 25.5 Å². The largest absolute Gasteiger partial charge is 0.357 e. The molecule has 0 unspecified atom stereocenters. The van der Waals surface area contributed by atoms with Crippen LogP contribution in [0, 0.1) is 11.6 Å². The molecular formula is C13H10F2N6. The van der Waals surface area contributed by atoms with E-state index in [1.807, 2.05) is 0 Å². The Morgan fingerprint density at radius 2 is 2.00 bits per heavy atom. The van der Waals surface area contributed by atoms with Gasteiger partial charge in [-0.3, -0.25) is 4.57 Å². The lowest BCUT2D eigenvalue weighted by Gasteiger charge is -2.07. The van der Waals surface area contributed by atoms with Crippen molar-refractivity contribution in [1.29, 1.82) is 0 Å². The summed E-state index contributed by atoms with van der Waals surface area (Å²) in [5, 5.41) is 2.78. The van der Waals surface area contributed by atoms with Crippen molar-refractivity contribution in [3.05, 3.63) is 48.6 Å². The molecule has 0 radical (unpaired) electrons. The van der Waals surface area contributed by atoms with Gasteiger partial charge >= 0.3 is 0 Å². The van der Waals surface area contributed by atoms with Crippen molar-refractivity contribution in [3.63, 3.8) is 0 Å². The van der Waals surface area contributed by atoms with Gasteiger partial charge in [0.05, 0.1) is 5.56 Å². The molecule has 6 nitrogen and oxygen atoms in total. The van der Waals surface area contributed by atoms with Crippen LogP contribution in [0.3, 0.4) is 0 Å². The fourth-order valence-electron chi connectivity index (χ4n) is 1.76. The van der Waals surface area contributed by atoms with Crippen molar-refractivity contribution in [3.8, 4) is 17.3 Å². The van der Waals surface area contributed by atoms with Crippen LogP contribution in [-0.2, 0) is 0 Å². The van der Waals surface area contributed by atoms with Crippen LogP contribution in [0.4, 0.5) is 14.7 Å². The Morgan fingerprint density at radius 3 is 2.67 bits per heavy atom. The molecule has 3 aromatic rings. The van der Waals surface area contributed by atoms with Gasteiger partial charge in [-0.2, -0.15) is 15.0 Å². The quantitative estimate of drug-likeness (QED) is 0.798. The molecule has 0 bridgehead atoms. The zero-order valence-electron chi connectivity index (χ0n) is 11.0. The first kappa shape index (κ1) is 13.1. The third kappa shape index (κ3) is 2.55. The molecule has 2 heterocycles. The maximum absolute atomic E-state index is 13.9. The van der Waals surface area contributed by atoms with Crippen molar-refractivity contribution in [1.82, 2.24) is 24.5 Å². The molecule has 21 heavy (non-hydrogen) atoms. The zero-order valence-corrected chi connectivity index (χ0v) is 11.0. The van der Waals surface area contributed by atoms with E-state index in [4.69, 9.17) is 0 Å². The Bertz CT molecular complexity index is 772. The van der Waals surface area contributed by atoms with Crippen LogP contribution >= 0.6 is 0 Å². The second-order valence-corrected chi connectivity index (χ2v) is 4.13. The maximum Gasteiger partial charge on any atom is 0.240 e. The minimum Gasteiger partial charge on any atom is -0.357 e. The molecule has 8 heteroatoms. The topological polar surface area (TPSA) is 68.5 Å². The van der Waals surface area contributed by atoms with E-state index in [0.29, 0.717) is 0 Å². The smallest absolute Gasteiger partial charge is 0.240 e. The van der Waals surface area contributed by atoms with E-state index in [9.17, 15) is 8.78 Å². The number of halogens is 2. The summed E-state index contributed by atoms with van der Waals surface area (Å²) in [6.07, 6.45) is 4.74. The van der Waals surface area contributed by atoms with Gasteiger partial charge in [0.15, 0.2) is 5.82 Å². The van der Waals surface area contributed by atoms with Crippen LogP contribution in [0.2, 0.25) is 0 Å². The van der Waals surface area contributed by atoms with Gasteiger partial charge in [-0.05, 0) is 12.1 Å². The number of hydrogen-bond donors (Lipinski definition) is 1. The van der Waals surface area contributed by atoms with Gasteiger partial charge in [-0.1, -0.05) is 0 Å². The number of hydrogen-bond acceptors (Lipinski definition) is 5. The molecule has 1 aromatic carbocycles. The number of rotatable bonds is 3. The summed E-state index contributed by atoms with van der Waals surface area (Å²) >= 11 is 0. The van der Waals surface area contributed by atoms with Crippen LogP contribution in [-0.4, -0.2) is 31.6 Å². The van der Waals surface area contributed by atoms with Gasteiger partial charge in [-0.15, -0.1) is 0 Å². The van der Waals surface area contributed by atoms with Gasteiger partial charge in [0.1, 0.15) is 18.0 Å². The van der Waals surface area contributed by atoms with E-state index >= 15 is 0 Å². The average molecular weight is 288 g/mol. The third-order valence-corrected chi connectivity index (χ3v) is 2.75. The van der Waals surface area contributed by atoms with Crippen molar-refractivity contribution in [2.24, 2.45) is 0 Å². The van der Waals surface area contributed by atoms with Crippen molar-refractivity contribution in [2.45, 2.75) is 0 Å². The molecule has 106 valence electrons. The molecular weight excluding hydrogens is 278 g/mol. The van der Waals surface area contributed by atoms with Crippen molar-refractivity contribution >= 4 is 5.95 Å². The second kappa shape index (κ2) is 5.23. The molecule has 0 fully saturated rings. The summed E-state index contributed by atoms with van der Waals surface area (Å²) in [6, 6.07) is 3.23. The monoisotopic (exact) mass is 288 g/mol. The lowest BCUT2D eigenvalue weighted by Crippen LogP contribution is -2.07. The summed E-state index contributed by atoms with van der Waals surface area (Å²) in [6.45, 7) is 0. The SMILES string of the molecule is CNc1nc(-c2ccc(F)cc2F)nc(-n2ccnc2)n1. The van der Waals surface area contributed by atoms with Crippen LogP contribution in [0.25, 0.3) is 17.3 Å². The van der Waals surface area contributed by atoms with Crippen LogP contribution < -0.4 is 5.32 Å². The van der Waals surface area contributed by atoms with Crippen molar-refractivity contribution in [2.75, 3.05) is 12.4 Å². The van der Waals surface area contributed by atoms with Crippen LogP contribution in [0.15, 0.2) is 36.9 Å². The Labute approximate surface area is 118 Å². The molecule has 3 rings (SSSR count). The van der Waals surface area contributed by atoms with E-state index in [1.54, 1.807) is 24.0 Å². The second-order valence-electron chi connectivity index (χ2n) is 4.13.